The summed E-state index contributed by atoms with van der Waals surface area (Å²) in [5.74, 6) is 2.61. The van der Waals surface area contributed by atoms with Crippen LogP contribution in [-0.4, -0.2) is 22.8 Å². The number of imidazole rings is 1. The Morgan fingerprint density at radius 3 is 2.60 bits per heavy atom. The summed E-state index contributed by atoms with van der Waals surface area (Å²) < 4.78 is 13.1. The molecule has 0 fully saturated rings. The topological polar surface area (TPSA) is 36.3 Å². The number of ether oxygens (including phenoxy) is 2. The number of aromatic nitrogens is 2. The second kappa shape index (κ2) is 2.89. The van der Waals surface area contributed by atoms with Crippen molar-refractivity contribution in [1.29, 1.82) is 0 Å². The molecule has 0 bridgehead atoms. The van der Waals surface area contributed by atoms with E-state index in [1.807, 2.05) is 30.7 Å². The third-order valence-electron chi connectivity index (χ3n) is 2.77. The van der Waals surface area contributed by atoms with Gasteiger partial charge < -0.3 is 14.0 Å². The third-order valence-corrected chi connectivity index (χ3v) is 2.77. The van der Waals surface area contributed by atoms with Crippen molar-refractivity contribution >= 4 is 11.0 Å². The zero-order valence-electron chi connectivity index (χ0n) is 8.78. The highest BCUT2D eigenvalue weighted by Gasteiger charge is 2.15. The van der Waals surface area contributed by atoms with E-state index >= 15 is 0 Å². The van der Waals surface area contributed by atoms with Gasteiger partial charge in [0.1, 0.15) is 19.0 Å². The Morgan fingerprint density at radius 2 is 1.87 bits per heavy atom. The van der Waals surface area contributed by atoms with E-state index in [0.29, 0.717) is 13.2 Å². The van der Waals surface area contributed by atoms with E-state index < -0.39 is 0 Å². The minimum absolute atomic E-state index is 0.615. The van der Waals surface area contributed by atoms with Gasteiger partial charge in [-0.25, -0.2) is 4.98 Å². The van der Waals surface area contributed by atoms with Crippen LogP contribution in [0.3, 0.4) is 0 Å². The molecule has 0 saturated heterocycles. The summed E-state index contributed by atoms with van der Waals surface area (Å²) in [7, 11) is 2.00. The van der Waals surface area contributed by atoms with Crippen molar-refractivity contribution in [2.75, 3.05) is 13.2 Å². The van der Waals surface area contributed by atoms with Crippen LogP contribution in [-0.2, 0) is 7.05 Å². The number of fused-ring (bicyclic) bond motifs is 2. The fourth-order valence-electron chi connectivity index (χ4n) is 1.85. The summed E-state index contributed by atoms with van der Waals surface area (Å²) >= 11 is 0. The van der Waals surface area contributed by atoms with E-state index in [9.17, 15) is 0 Å². The Labute approximate surface area is 87.4 Å². The molecule has 4 heteroatoms. The molecule has 1 aromatic heterocycles. The molecule has 15 heavy (non-hydrogen) atoms. The van der Waals surface area contributed by atoms with Crippen LogP contribution < -0.4 is 9.47 Å². The molecule has 78 valence electrons. The van der Waals surface area contributed by atoms with Crippen LogP contribution in [0, 0.1) is 6.92 Å². The maximum atomic E-state index is 5.53. The minimum Gasteiger partial charge on any atom is -0.486 e. The zero-order valence-corrected chi connectivity index (χ0v) is 8.78. The molecule has 1 aromatic carbocycles. The van der Waals surface area contributed by atoms with Crippen molar-refractivity contribution < 1.29 is 9.47 Å². The molecule has 3 rings (SSSR count). The average Bonchev–Trinajstić information content (AvgIpc) is 2.52. The largest absolute Gasteiger partial charge is 0.486 e. The van der Waals surface area contributed by atoms with Gasteiger partial charge in [0.15, 0.2) is 11.5 Å². The van der Waals surface area contributed by atoms with Crippen molar-refractivity contribution in [3.05, 3.63) is 18.0 Å². The molecular formula is C11H12N2O2. The summed E-state index contributed by atoms with van der Waals surface area (Å²) in [5, 5.41) is 0. The summed E-state index contributed by atoms with van der Waals surface area (Å²) in [5.41, 5.74) is 2.04. The summed E-state index contributed by atoms with van der Waals surface area (Å²) in [4.78, 5) is 4.45. The Kier molecular flexibility index (Phi) is 1.65. The van der Waals surface area contributed by atoms with Gasteiger partial charge in [0, 0.05) is 19.2 Å². The van der Waals surface area contributed by atoms with E-state index in [1.54, 1.807) is 0 Å². The Bertz CT molecular complexity index is 531. The summed E-state index contributed by atoms with van der Waals surface area (Å²) in [6.45, 7) is 3.22. The Hall–Kier alpha value is -1.71. The lowest BCUT2D eigenvalue weighted by Gasteiger charge is -2.18. The van der Waals surface area contributed by atoms with Gasteiger partial charge in [0.2, 0.25) is 0 Å². The van der Waals surface area contributed by atoms with Gasteiger partial charge in [-0.15, -0.1) is 0 Å². The molecule has 2 aromatic rings. The van der Waals surface area contributed by atoms with Gasteiger partial charge in [-0.2, -0.15) is 0 Å². The molecule has 4 nitrogen and oxygen atoms in total. The van der Waals surface area contributed by atoms with Crippen LogP contribution in [0.15, 0.2) is 12.1 Å². The molecule has 0 saturated carbocycles. The third kappa shape index (κ3) is 1.17. The molecule has 1 aliphatic heterocycles. The second-order valence-electron chi connectivity index (χ2n) is 3.70. The predicted octanol–water partition coefficient (Wildman–Crippen LogP) is 1.65. The van der Waals surface area contributed by atoms with Gasteiger partial charge in [-0.05, 0) is 6.92 Å². The molecule has 0 spiro atoms. The van der Waals surface area contributed by atoms with E-state index in [2.05, 4.69) is 4.98 Å². The van der Waals surface area contributed by atoms with Crippen molar-refractivity contribution in [3.8, 4) is 11.5 Å². The number of rotatable bonds is 0. The van der Waals surface area contributed by atoms with Gasteiger partial charge in [-0.3, -0.25) is 0 Å². The predicted molar refractivity (Wildman–Crippen MR) is 56.4 cm³/mol. The minimum atomic E-state index is 0.615. The lowest BCUT2D eigenvalue weighted by atomic mass is 10.2. The zero-order chi connectivity index (χ0) is 10.4. The summed E-state index contributed by atoms with van der Waals surface area (Å²) in [6.07, 6.45) is 0. The Morgan fingerprint density at radius 1 is 1.20 bits per heavy atom. The van der Waals surface area contributed by atoms with E-state index in [4.69, 9.17) is 9.47 Å². The SMILES string of the molecule is Cc1nc2cc3c(cc2n1C)OCCO3. The number of aryl methyl sites for hydroxylation is 2. The lowest BCUT2D eigenvalue weighted by molar-refractivity contribution is 0.172. The first-order valence-electron chi connectivity index (χ1n) is 4.98. The fourth-order valence-corrected chi connectivity index (χ4v) is 1.85. The number of benzene rings is 1. The van der Waals surface area contributed by atoms with Crippen molar-refractivity contribution in [1.82, 2.24) is 9.55 Å². The molecular weight excluding hydrogens is 192 g/mol. The maximum absolute atomic E-state index is 5.53. The van der Waals surface area contributed by atoms with E-state index in [1.165, 1.54) is 0 Å². The lowest BCUT2D eigenvalue weighted by Crippen LogP contribution is -2.15. The second-order valence-corrected chi connectivity index (χ2v) is 3.70. The molecule has 2 heterocycles. The van der Waals surface area contributed by atoms with Crippen molar-refractivity contribution in [3.63, 3.8) is 0 Å². The number of hydrogen-bond donors (Lipinski definition) is 0. The van der Waals surface area contributed by atoms with Crippen LogP contribution in [0.4, 0.5) is 0 Å². The van der Waals surface area contributed by atoms with Crippen LogP contribution in [0.5, 0.6) is 11.5 Å². The molecule has 1 aliphatic rings. The van der Waals surface area contributed by atoms with Gasteiger partial charge in [-0.1, -0.05) is 0 Å². The normalized spacial score (nSPS) is 14.5. The van der Waals surface area contributed by atoms with Gasteiger partial charge in [0.25, 0.3) is 0 Å². The van der Waals surface area contributed by atoms with Crippen LogP contribution in [0.1, 0.15) is 5.82 Å². The monoisotopic (exact) mass is 204 g/mol. The highest BCUT2D eigenvalue weighted by Crippen LogP contribution is 2.34. The van der Waals surface area contributed by atoms with E-state index in [0.717, 1.165) is 28.4 Å². The average molecular weight is 204 g/mol. The first-order chi connectivity index (χ1) is 7.25. The number of nitrogens with zero attached hydrogens (tertiary/aromatic N) is 2. The smallest absolute Gasteiger partial charge is 0.163 e. The molecule has 0 aliphatic carbocycles. The highest BCUT2D eigenvalue weighted by atomic mass is 16.6. The summed E-state index contributed by atoms with van der Waals surface area (Å²) in [6, 6.07) is 3.93. The van der Waals surface area contributed by atoms with Gasteiger partial charge >= 0.3 is 0 Å². The Balaban J connectivity index is 2.30. The molecule has 0 atom stereocenters. The van der Waals surface area contributed by atoms with E-state index in [-0.39, 0.29) is 0 Å². The standard InChI is InChI=1S/C11H12N2O2/c1-7-12-8-5-10-11(15-4-3-14-10)6-9(8)13(7)2/h5-6H,3-4H2,1-2H3. The van der Waals surface area contributed by atoms with Gasteiger partial charge in [0.05, 0.1) is 11.0 Å². The number of hydrogen-bond acceptors (Lipinski definition) is 3. The van der Waals surface area contributed by atoms with Crippen molar-refractivity contribution in [2.45, 2.75) is 6.92 Å². The maximum Gasteiger partial charge on any atom is 0.163 e. The molecule has 0 radical (unpaired) electrons. The fraction of sp³-hybridized carbons (Fsp3) is 0.364. The molecule has 0 N–H and O–H groups in total. The first-order valence-corrected chi connectivity index (χ1v) is 4.98. The quantitative estimate of drug-likeness (QED) is 0.654. The van der Waals surface area contributed by atoms with Crippen LogP contribution >= 0.6 is 0 Å². The first kappa shape index (κ1) is 8.59. The highest BCUT2D eigenvalue weighted by molar-refractivity contribution is 5.80. The van der Waals surface area contributed by atoms with Crippen LogP contribution in [0.25, 0.3) is 11.0 Å². The molecule has 0 amide bonds. The molecule has 0 unspecified atom stereocenters. The van der Waals surface area contributed by atoms with Crippen LogP contribution in [0.2, 0.25) is 0 Å². The van der Waals surface area contributed by atoms with Crippen molar-refractivity contribution in [2.24, 2.45) is 7.05 Å².